The van der Waals surface area contributed by atoms with Gasteiger partial charge in [-0.1, -0.05) is 6.92 Å². The van der Waals surface area contributed by atoms with Crippen LogP contribution in [0.5, 0.6) is 0 Å². The highest BCUT2D eigenvalue weighted by molar-refractivity contribution is 5.41. The van der Waals surface area contributed by atoms with Crippen LogP contribution in [0.25, 0.3) is 0 Å². The summed E-state index contributed by atoms with van der Waals surface area (Å²) in [6, 6.07) is 1.92. The lowest BCUT2D eigenvalue weighted by molar-refractivity contribution is 0.198. The number of aromatic nitrogens is 2. The molecule has 1 aromatic rings. The predicted octanol–water partition coefficient (Wildman–Crippen LogP) is 1.07. The minimum absolute atomic E-state index is 0.768. The van der Waals surface area contributed by atoms with Crippen LogP contribution in [0.3, 0.4) is 0 Å². The number of rotatable bonds is 7. The Morgan fingerprint density at radius 3 is 2.80 bits per heavy atom. The maximum atomic E-state index is 5.03. The Balaban J connectivity index is 1.86. The summed E-state index contributed by atoms with van der Waals surface area (Å²) in [4.78, 5) is 13.7. The second-order valence-corrected chi connectivity index (χ2v) is 4.94. The molecule has 0 amide bonds. The molecule has 1 N–H and O–H groups in total. The highest BCUT2D eigenvalue weighted by atomic mass is 16.5. The first-order chi connectivity index (χ1) is 9.83. The number of methoxy groups -OCH3 is 1. The Bertz CT molecular complexity index is 393. The van der Waals surface area contributed by atoms with Gasteiger partial charge in [0.2, 0.25) is 5.95 Å². The number of nitrogens with one attached hydrogen (secondary N) is 1. The molecule has 0 radical (unpaired) electrons. The van der Waals surface area contributed by atoms with Crippen LogP contribution in [0.1, 0.15) is 13.3 Å². The number of nitrogens with zero attached hydrogens (tertiary/aromatic N) is 4. The molecular weight excluding hydrogens is 254 g/mol. The van der Waals surface area contributed by atoms with Crippen LogP contribution < -0.4 is 10.2 Å². The van der Waals surface area contributed by atoms with Gasteiger partial charge in [-0.15, -0.1) is 0 Å². The SMILES string of the molecule is CCN1CCN(c2nccc(NCCCOC)n2)CC1. The van der Waals surface area contributed by atoms with Crippen LogP contribution >= 0.6 is 0 Å². The minimum atomic E-state index is 0.768. The molecule has 0 saturated carbocycles. The zero-order valence-corrected chi connectivity index (χ0v) is 12.5. The van der Waals surface area contributed by atoms with Crippen molar-refractivity contribution in [2.45, 2.75) is 13.3 Å². The Hall–Kier alpha value is -1.40. The van der Waals surface area contributed by atoms with E-state index >= 15 is 0 Å². The van der Waals surface area contributed by atoms with Crippen molar-refractivity contribution >= 4 is 11.8 Å². The topological polar surface area (TPSA) is 53.5 Å². The molecule has 2 rings (SSSR count). The summed E-state index contributed by atoms with van der Waals surface area (Å²) in [6.07, 6.45) is 2.80. The Morgan fingerprint density at radius 2 is 2.10 bits per heavy atom. The molecule has 1 saturated heterocycles. The first kappa shape index (κ1) is 15.0. The molecule has 112 valence electrons. The molecule has 0 aromatic carbocycles. The fourth-order valence-corrected chi connectivity index (χ4v) is 2.30. The molecule has 0 spiro atoms. The predicted molar refractivity (Wildman–Crippen MR) is 81.3 cm³/mol. The summed E-state index contributed by atoms with van der Waals surface area (Å²) in [7, 11) is 1.72. The van der Waals surface area contributed by atoms with Gasteiger partial charge in [-0.25, -0.2) is 4.98 Å². The van der Waals surface area contributed by atoms with E-state index in [-0.39, 0.29) is 0 Å². The van der Waals surface area contributed by atoms with E-state index < -0.39 is 0 Å². The number of likely N-dealkylation sites (N-methyl/N-ethyl adjacent to an activating group) is 1. The van der Waals surface area contributed by atoms with Crippen molar-refractivity contribution in [3.05, 3.63) is 12.3 Å². The lowest BCUT2D eigenvalue weighted by Gasteiger charge is -2.34. The summed E-state index contributed by atoms with van der Waals surface area (Å²) >= 11 is 0. The summed E-state index contributed by atoms with van der Waals surface area (Å²) < 4.78 is 5.03. The quantitative estimate of drug-likeness (QED) is 0.754. The number of hydrogen-bond donors (Lipinski definition) is 1. The van der Waals surface area contributed by atoms with Gasteiger partial charge in [0, 0.05) is 52.6 Å². The van der Waals surface area contributed by atoms with E-state index in [9.17, 15) is 0 Å². The van der Waals surface area contributed by atoms with E-state index in [1.165, 1.54) is 0 Å². The van der Waals surface area contributed by atoms with Crippen LogP contribution in [-0.4, -0.2) is 67.9 Å². The average molecular weight is 279 g/mol. The van der Waals surface area contributed by atoms with E-state index in [0.717, 1.165) is 64.1 Å². The van der Waals surface area contributed by atoms with E-state index in [1.807, 2.05) is 12.3 Å². The molecule has 0 aliphatic carbocycles. The lowest BCUT2D eigenvalue weighted by Crippen LogP contribution is -2.46. The van der Waals surface area contributed by atoms with Gasteiger partial charge in [0.1, 0.15) is 5.82 Å². The summed E-state index contributed by atoms with van der Waals surface area (Å²) in [5, 5.41) is 3.31. The molecule has 1 aliphatic heterocycles. The van der Waals surface area contributed by atoms with Crippen molar-refractivity contribution in [3.63, 3.8) is 0 Å². The molecular formula is C14H25N5O. The van der Waals surface area contributed by atoms with Crippen LogP contribution in [0.15, 0.2) is 12.3 Å². The monoisotopic (exact) mass is 279 g/mol. The normalized spacial score (nSPS) is 16.4. The second kappa shape index (κ2) is 8.01. The third-order valence-electron chi connectivity index (χ3n) is 3.58. The van der Waals surface area contributed by atoms with Crippen LogP contribution in [0.2, 0.25) is 0 Å². The average Bonchev–Trinajstić information content (AvgIpc) is 2.52. The molecule has 20 heavy (non-hydrogen) atoms. The zero-order valence-electron chi connectivity index (χ0n) is 12.5. The maximum Gasteiger partial charge on any atom is 0.227 e. The van der Waals surface area contributed by atoms with Gasteiger partial charge >= 0.3 is 0 Å². The van der Waals surface area contributed by atoms with Gasteiger partial charge < -0.3 is 19.9 Å². The van der Waals surface area contributed by atoms with E-state index in [4.69, 9.17) is 4.74 Å². The fourth-order valence-electron chi connectivity index (χ4n) is 2.30. The summed E-state index contributed by atoms with van der Waals surface area (Å²) in [5.41, 5.74) is 0. The molecule has 2 heterocycles. The lowest BCUT2D eigenvalue weighted by atomic mass is 10.3. The largest absolute Gasteiger partial charge is 0.385 e. The van der Waals surface area contributed by atoms with Gasteiger partial charge in [-0.2, -0.15) is 4.98 Å². The van der Waals surface area contributed by atoms with E-state index in [2.05, 4.69) is 32.0 Å². The van der Waals surface area contributed by atoms with Crippen molar-refractivity contribution < 1.29 is 4.74 Å². The molecule has 0 unspecified atom stereocenters. The zero-order chi connectivity index (χ0) is 14.2. The number of ether oxygens (including phenoxy) is 1. The van der Waals surface area contributed by atoms with Crippen molar-refractivity contribution in [1.82, 2.24) is 14.9 Å². The van der Waals surface area contributed by atoms with Gasteiger partial charge in [0.25, 0.3) is 0 Å². The van der Waals surface area contributed by atoms with Gasteiger partial charge in [-0.05, 0) is 19.0 Å². The molecule has 1 fully saturated rings. The number of piperazine rings is 1. The molecule has 6 nitrogen and oxygen atoms in total. The number of anilines is 2. The third kappa shape index (κ3) is 4.31. The van der Waals surface area contributed by atoms with Crippen molar-refractivity contribution in [3.8, 4) is 0 Å². The molecule has 0 bridgehead atoms. The van der Waals surface area contributed by atoms with Gasteiger partial charge in [-0.3, -0.25) is 0 Å². The molecule has 1 aromatic heterocycles. The first-order valence-corrected chi connectivity index (χ1v) is 7.36. The minimum Gasteiger partial charge on any atom is -0.385 e. The van der Waals surface area contributed by atoms with E-state index in [1.54, 1.807) is 7.11 Å². The highest BCUT2D eigenvalue weighted by Crippen LogP contribution is 2.13. The van der Waals surface area contributed by atoms with Crippen molar-refractivity contribution in [2.24, 2.45) is 0 Å². The maximum absolute atomic E-state index is 5.03. The number of hydrogen-bond acceptors (Lipinski definition) is 6. The third-order valence-corrected chi connectivity index (χ3v) is 3.58. The Morgan fingerprint density at radius 1 is 1.30 bits per heavy atom. The molecule has 1 aliphatic rings. The molecule has 6 heteroatoms. The van der Waals surface area contributed by atoms with Crippen molar-refractivity contribution in [2.75, 3.05) is 63.2 Å². The summed E-state index contributed by atoms with van der Waals surface area (Å²) in [5.74, 6) is 1.72. The standard InChI is InChI=1S/C14H25N5O/c1-3-18-8-10-19(11-9-18)14-16-7-5-13(17-14)15-6-4-12-20-2/h5,7H,3-4,6,8-12H2,1-2H3,(H,15,16,17). The fraction of sp³-hybridized carbons (Fsp3) is 0.714. The molecule has 0 atom stereocenters. The van der Waals surface area contributed by atoms with Gasteiger partial charge in [0.05, 0.1) is 0 Å². The summed E-state index contributed by atoms with van der Waals surface area (Å²) in [6.45, 7) is 9.14. The highest BCUT2D eigenvalue weighted by Gasteiger charge is 2.17. The van der Waals surface area contributed by atoms with Crippen LogP contribution in [0.4, 0.5) is 11.8 Å². The van der Waals surface area contributed by atoms with Gasteiger partial charge in [0.15, 0.2) is 0 Å². The van der Waals surface area contributed by atoms with Crippen LogP contribution in [-0.2, 0) is 4.74 Å². The van der Waals surface area contributed by atoms with Crippen molar-refractivity contribution in [1.29, 1.82) is 0 Å². The van der Waals surface area contributed by atoms with E-state index in [0.29, 0.717) is 0 Å². The van der Waals surface area contributed by atoms with Crippen LogP contribution in [0, 0.1) is 0 Å². The smallest absolute Gasteiger partial charge is 0.227 e. The first-order valence-electron chi connectivity index (χ1n) is 7.36. The Labute approximate surface area is 121 Å². The Kier molecular flexibility index (Phi) is 6.01. The second-order valence-electron chi connectivity index (χ2n) is 4.94.